The third-order valence-electron chi connectivity index (χ3n) is 6.73. The van der Waals surface area contributed by atoms with Gasteiger partial charge in [0, 0.05) is 26.1 Å². The Morgan fingerprint density at radius 3 is 2.50 bits per heavy atom. The molecule has 2 amide bonds. The quantitative estimate of drug-likeness (QED) is 0.315. The van der Waals surface area contributed by atoms with E-state index in [2.05, 4.69) is 0 Å². The number of rotatable bonds is 12. The van der Waals surface area contributed by atoms with Crippen molar-refractivity contribution < 1.29 is 32.7 Å². The lowest BCUT2D eigenvalue weighted by Crippen LogP contribution is -2.45. The lowest BCUT2D eigenvalue weighted by atomic mass is 10.1. The van der Waals surface area contributed by atoms with E-state index in [4.69, 9.17) is 13.9 Å². The summed E-state index contributed by atoms with van der Waals surface area (Å²) in [6, 6.07) is 12.6. The number of halogens is 1. The van der Waals surface area contributed by atoms with Gasteiger partial charge in [-0.3, -0.25) is 19.2 Å². The lowest BCUT2D eigenvalue weighted by Gasteiger charge is -2.29. The zero-order valence-electron chi connectivity index (χ0n) is 22.5. The van der Waals surface area contributed by atoms with Crippen molar-refractivity contribution in [3.8, 4) is 0 Å². The van der Waals surface area contributed by atoms with Crippen LogP contribution in [0.25, 0.3) is 11.0 Å². The summed E-state index contributed by atoms with van der Waals surface area (Å²) >= 11 is 0. The second-order valence-corrected chi connectivity index (χ2v) is 9.68. The summed E-state index contributed by atoms with van der Waals surface area (Å²) in [5.74, 6) is -1.69. The van der Waals surface area contributed by atoms with Crippen molar-refractivity contribution in [3.63, 3.8) is 0 Å². The zero-order valence-corrected chi connectivity index (χ0v) is 22.5. The van der Waals surface area contributed by atoms with Crippen molar-refractivity contribution in [2.24, 2.45) is 0 Å². The highest BCUT2D eigenvalue weighted by atomic mass is 19.1. The SMILES string of the molecule is CCOC(=O)CCC(=O)N(CC(=O)N(Cc1ccc(F)cc1)Cc1coc2ccccc2c1=O)CC1CCCO1. The smallest absolute Gasteiger partial charge is 0.306 e. The van der Waals surface area contributed by atoms with Crippen LogP contribution in [-0.2, 0) is 36.9 Å². The minimum absolute atomic E-state index is 0.0752. The molecule has 0 saturated carbocycles. The van der Waals surface area contributed by atoms with E-state index >= 15 is 0 Å². The zero-order chi connectivity index (χ0) is 28.5. The fourth-order valence-corrected chi connectivity index (χ4v) is 4.63. The molecule has 4 rings (SSSR count). The number of benzene rings is 2. The predicted octanol–water partition coefficient (Wildman–Crippen LogP) is 3.81. The Balaban J connectivity index is 1.57. The third kappa shape index (κ3) is 7.75. The largest absolute Gasteiger partial charge is 0.466 e. The first kappa shape index (κ1) is 28.9. The second kappa shape index (κ2) is 13.8. The van der Waals surface area contributed by atoms with E-state index in [1.54, 1.807) is 43.3 Å². The first-order valence-electron chi connectivity index (χ1n) is 13.4. The number of esters is 1. The second-order valence-electron chi connectivity index (χ2n) is 9.68. The predicted molar refractivity (Wildman–Crippen MR) is 145 cm³/mol. The minimum atomic E-state index is -0.486. The number of para-hydroxylation sites is 1. The average Bonchev–Trinajstić information content (AvgIpc) is 3.47. The van der Waals surface area contributed by atoms with Gasteiger partial charge in [-0.1, -0.05) is 24.3 Å². The highest BCUT2D eigenvalue weighted by molar-refractivity contribution is 5.86. The molecule has 0 radical (unpaired) electrons. The van der Waals surface area contributed by atoms with Crippen LogP contribution >= 0.6 is 0 Å². The molecular weight excluding hydrogens is 519 g/mol. The minimum Gasteiger partial charge on any atom is -0.466 e. The topological polar surface area (TPSA) is 106 Å². The first-order chi connectivity index (χ1) is 19.3. The van der Waals surface area contributed by atoms with E-state index in [0.29, 0.717) is 23.1 Å². The molecule has 2 aromatic carbocycles. The summed E-state index contributed by atoms with van der Waals surface area (Å²) in [5, 5.41) is 0.392. The molecule has 1 aliphatic heterocycles. The van der Waals surface area contributed by atoms with E-state index in [-0.39, 0.29) is 68.6 Å². The molecule has 0 bridgehead atoms. The van der Waals surface area contributed by atoms with Crippen molar-refractivity contribution in [2.75, 3.05) is 26.3 Å². The number of carbonyl (C=O) groups excluding carboxylic acids is 3. The summed E-state index contributed by atoms with van der Waals surface area (Å²) in [6.07, 6.45) is 2.54. The summed E-state index contributed by atoms with van der Waals surface area (Å²) in [7, 11) is 0. The highest BCUT2D eigenvalue weighted by Crippen LogP contribution is 2.17. The highest BCUT2D eigenvalue weighted by Gasteiger charge is 2.27. The fraction of sp³-hybridized carbons (Fsp3) is 0.400. The normalized spacial score (nSPS) is 14.7. The Morgan fingerprint density at radius 2 is 1.77 bits per heavy atom. The molecule has 1 fully saturated rings. The fourth-order valence-electron chi connectivity index (χ4n) is 4.63. The molecule has 10 heteroatoms. The Morgan fingerprint density at radius 1 is 1.00 bits per heavy atom. The molecule has 1 aliphatic rings. The maximum atomic E-state index is 13.7. The molecule has 1 unspecified atom stereocenters. The maximum Gasteiger partial charge on any atom is 0.306 e. The molecule has 2 heterocycles. The van der Waals surface area contributed by atoms with Crippen LogP contribution in [0.2, 0.25) is 0 Å². The van der Waals surface area contributed by atoms with Crippen LogP contribution in [0, 0.1) is 5.82 Å². The molecule has 212 valence electrons. The van der Waals surface area contributed by atoms with Crippen molar-refractivity contribution >= 4 is 28.8 Å². The molecule has 1 aromatic heterocycles. The van der Waals surface area contributed by atoms with Gasteiger partial charge in [0.15, 0.2) is 5.43 Å². The first-order valence-corrected chi connectivity index (χ1v) is 13.4. The van der Waals surface area contributed by atoms with Crippen molar-refractivity contribution in [2.45, 2.75) is 51.8 Å². The van der Waals surface area contributed by atoms with Crippen molar-refractivity contribution in [3.05, 3.63) is 82.0 Å². The summed E-state index contributed by atoms with van der Waals surface area (Å²) < 4.78 is 29.8. The lowest BCUT2D eigenvalue weighted by molar-refractivity contribution is -0.147. The molecule has 3 aromatic rings. The van der Waals surface area contributed by atoms with Crippen LogP contribution in [0.3, 0.4) is 0 Å². The van der Waals surface area contributed by atoms with Gasteiger partial charge in [0.25, 0.3) is 0 Å². The number of nitrogens with zero attached hydrogens (tertiary/aromatic N) is 2. The molecule has 0 spiro atoms. The molecule has 0 aliphatic carbocycles. The van der Waals surface area contributed by atoms with Gasteiger partial charge in [0.2, 0.25) is 11.8 Å². The van der Waals surface area contributed by atoms with Crippen LogP contribution in [-0.4, -0.2) is 60.0 Å². The third-order valence-corrected chi connectivity index (χ3v) is 6.73. The molecule has 0 N–H and O–H groups in total. The van der Waals surface area contributed by atoms with Gasteiger partial charge < -0.3 is 23.7 Å². The Labute approximate surface area is 231 Å². The van der Waals surface area contributed by atoms with E-state index in [1.165, 1.54) is 28.2 Å². The Hall–Kier alpha value is -4.05. The van der Waals surface area contributed by atoms with Gasteiger partial charge in [-0.2, -0.15) is 0 Å². The van der Waals surface area contributed by atoms with Crippen molar-refractivity contribution in [1.29, 1.82) is 0 Å². The molecule has 1 saturated heterocycles. The molecular formula is C30H33FN2O7. The van der Waals surface area contributed by atoms with E-state index in [1.807, 2.05) is 0 Å². The molecule has 40 heavy (non-hydrogen) atoms. The number of ether oxygens (including phenoxy) is 2. The summed E-state index contributed by atoms with van der Waals surface area (Å²) in [5.41, 5.74) is 1.09. The molecule has 9 nitrogen and oxygen atoms in total. The number of carbonyl (C=O) groups is 3. The van der Waals surface area contributed by atoms with Crippen LogP contribution in [0.4, 0.5) is 4.39 Å². The van der Waals surface area contributed by atoms with Crippen LogP contribution < -0.4 is 5.43 Å². The average molecular weight is 553 g/mol. The van der Waals surface area contributed by atoms with Crippen molar-refractivity contribution in [1.82, 2.24) is 9.80 Å². The van der Waals surface area contributed by atoms with Crippen LogP contribution in [0.1, 0.15) is 43.7 Å². The van der Waals surface area contributed by atoms with Gasteiger partial charge in [-0.15, -0.1) is 0 Å². The number of hydrogen-bond acceptors (Lipinski definition) is 7. The van der Waals surface area contributed by atoms with Gasteiger partial charge in [-0.05, 0) is 49.6 Å². The van der Waals surface area contributed by atoms with Gasteiger partial charge >= 0.3 is 5.97 Å². The van der Waals surface area contributed by atoms with Gasteiger partial charge in [0.1, 0.15) is 11.4 Å². The summed E-state index contributed by atoms with van der Waals surface area (Å²) in [4.78, 5) is 54.7. The van der Waals surface area contributed by atoms with E-state index < -0.39 is 17.7 Å². The number of amides is 2. The van der Waals surface area contributed by atoms with Gasteiger partial charge in [-0.25, -0.2) is 4.39 Å². The Bertz CT molecular complexity index is 1380. The Kier molecular flexibility index (Phi) is 10.0. The monoisotopic (exact) mass is 552 g/mol. The van der Waals surface area contributed by atoms with Crippen LogP contribution in [0.5, 0.6) is 0 Å². The van der Waals surface area contributed by atoms with E-state index in [0.717, 1.165) is 12.8 Å². The summed E-state index contributed by atoms with van der Waals surface area (Å²) in [6.45, 7) is 2.42. The van der Waals surface area contributed by atoms with Gasteiger partial charge in [0.05, 0.1) is 49.4 Å². The van der Waals surface area contributed by atoms with Crippen LogP contribution in [0.15, 0.2) is 64.0 Å². The molecule has 1 atom stereocenters. The number of fused-ring (bicyclic) bond motifs is 1. The van der Waals surface area contributed by atoms with E-state index in [9.17, 15) is 23.6 Å². The standard InChI is InChI=1S/C30H33FN2O7/c1-2-38-29(36)14-13-27(34)33(18-24-6-5-15-39-24)19-28(35)32(16-21-9-11-23(31)12-10-21)17-22-20-40-26-8-4-3-7-25(26)30(22)37/h3-4,7-12,20,24H,2,5-6,13-19H2,1H3. The number of hydrogen-bond donors (Lipinski definition) is 0. The maximum absolute atomic E-state index is 13.7.